The van der Waals surface area contributed by atoms with Gasteiger partial charge in [-0.2, -0.15) is 0 Å². The number of aryl methyl sites for hydroxylation is 2. The van der Waals surface area contributed by atoms with Gasteiger partial charge in [0.1, 0.15) is 5.75 Å². The monoisotopic (exact) mass is 354 g/mol. The maximum absolute atomic E-state index is 12.7. The fourth-order valence-electron chi connectivity index (χ4n) is 3.16. The Morgan fingerprint density at radius 3 is 2.04 bits per heavy atom. The highest BCUT2D eigenvalue weighted by molar-refractivity contribution is 5.81. The van der Waals surface area contributed by atoms with Gasteiger partial charge in [-0.3, -0.25) is 4.79 Å². The Balaban J connectivity index is 2.29. The first-order valence-corrected chi connectivity index (χ1v) is 9.20. The van der Waals surface area contributed by atoms with Gasteiger partial charge in [-0.15, -0.1) is 0 Å². The summed E-state index contributed by atoms with van der Waals surface area (Å²) in [5, 5.41) is 0. The number of hydrogen-bond donors (Lipinski definition) is 0. The molecule has 2 aromatic rings. The second kappa shape index (κ2) is 9.27. The second-order valence-corrected chi connectivity index (χ2v) is 6.62. The van der Waals surface area contributed by atoms with Crippen LogP contribution in [0.3, 0.4) is 0 Å². The Bertz CT molecular complexity index is 701. The van der Waals surface area contributed by atoms with Gasteiger partial charge in [0.25, 0.3) is 0 Å². The average Bonchev–Trinajstić information content (AvgIpc) is 2.62. The molecule has 4 nitrogen and oxygen atoms in total. The third kappa shape index (κ3) is 5.25. The molecular formula is C22H30N2O2. The number of anilines is 1. The number of benzene rings is 2. The van der Waals surface area contributed by atoms with Gasteiger partial charge >= 0.3 is 0 Å². The number of hydrogen-bond acceptors (Lipinski definition) is 3. The molecule has 1 amide bonds. The van der Waals surface area contributed by atoms with E-state index in [1.807, 2.05) is 30.9 Å². The molecule has 2 rings (SSSR count). The highest BCUT2D eigenvalue weighted by atomic mass is 16.5. The quantitative estimate of drug-likeness (QED) is 0.713. The van der Waals surface area contributed by atoms with E-state index in [0.29, 0.717) is 13.1 Å². The summed E-state index contributed by atoms with van der Waals surface area (Å²) in [7, 11) is 1.67. The number of carbonyl (C=O) groups is 1. The third-order valence-corrected chi connectivity index (χ3v) is 4.55. The van der Waals surface area contributed by atoms with Crippen molar-refractivity contribution in [3.05, 3.63) is 59.2 Å². The number of nitrogens with zero attached hydrogens (tertiary/aromatic N) is 2. The molecule has 0 N–H and O–H groups in total. The number of carbonyl (C=O) groups excluding carboxylic acids is 1. The summed E-state index contributed by atoms with van der Waals surface area (Å²) in [6.07, 6.45) is 0. The maximum Gasteiger partial charge on any atom is 0.242 e. The van der Waals surface area contributed by atoms with Gasteiger partial charge < -0.3 is 14.5 Å². The van der Waals surface area contributed by atoms with Crippen LogP contribution in [0.15, 0.2) is 42.5 Å². The van der Waals surface area contributed by atoms with Gasteiger partial charge in [0, 0.05) is 25.3 Å². The Morgan fingerprint density at radius 2 is 1.54 bits per heavy atom. The summed E-state index contributed by atoms with van der Waals surface area (Å²) in [5.74, 6) is 0.994. The minimum atomic E-state index is 0.155. The lowest BCUT2D eigenvalue weighted by Crippen LogP contribution is -2.40. The van der Waals surface area contributed by atoms with Crippen molar-refractivity contribution < 1.29 is 9.53 Å². The Hall–Kier alpha value is -2.49. The molecule has 0 radical (unpaired) electrons. The van der Waals surface area contributed by atoms with Crippen molar-refractivity contribution in [2.24, 2.45) is 0 Å². The topological polar surface area (TPSA) is 32.8 Å². The van der Waals surface area contributed by atoms with E-state index in [4.69, 9.17) is 4.74 Å². The Kier molecular flexibility index (Phi) is 7.07. The van der Waals surface area contributed by atoms with Crippen molar-refractivity contribution in [3.8, 4) is 5.75 Å². The van der Waals surface area contributed by atoms with E-state index in [9.17, 15) is 4.79 Å². The summed E-state index contributed by atoms with van der Waals surface area (Å²) < 4.78 is 5.24. The predicted octanol–water partition coefficient (Wildman–Crippen LogP) is 4.19. The molecule has 0 saturated heterocycles. The van der Waals surface area contributed by atoms with Crippen molar-refractivity contribution in [3.63, 3.8) is 0 Å². The summed E-state index contributed by atoms with van der Waals surface area (Å²) >= 11 is 0. The van der Waals surface area contributed by atoms with Gasteiger partial charge in [0.05, 0.1) is 13.7 Å². The zero-order valence-corrected chi connectivity index (χ0v) is 16.6. The predicted molar refractivity (Wildman–Crippen MR) is 108 cm³/mol. The van der Waals surface area contributed by atoms with Gasteiger partial charge in [-0.05, 0) is 68.7 Å². The van der Waals surface area contributed by atoms with E-state index in [1.54, 1.807) is 7.11 Å². The molecule has 0 fully saturated rings. The lowest BCUT2D eigenvalue weighted by Gasteiger charge is -2.28. The normalized spacial score (nSPS) is 10.5. The smallest absolute Gasteiger partial charge is 0.242 e. The van der Waals surface area contributed by atoms with Crippen molar-refractivity contribution in [1.82, 2.24) is 4.90 Å². The van der Waals surface area contributed by atoms with Crippen LogP contribution in [0.2, 0.25) is 0 Å². The molecule has 0 aromatic heterocycles. The zero-order chi connectivity index (χ0) is 19.1. The van der Waals surface area contributed by atoms with Crippen LogP contribution in [0.25, 0.3) is 0 Å². The van der Waals surface area contributed by atoms with E-state index in [1.165, 1.54) is 11.1 Å². The summed E-state index contributed by atoms with van der Waals surface area (Å²) in [6.45, 7) is 10.7. The van der Waals surface area contributed by atoms with Crippen LogP contribution in [-0.4, -0.2) is 37.6 Å². The Labute approximate surface area is 157 Å². The summed E-state index contributed by atoms with van der Waals surface area (Å²) in [5.41, 5.74) is 4.64. The van der Waals surface area contributed by atoms with E-state index in [2.05, 4.69) is 49.1 Å². The largest absolute Gasteiger partial charge is 0.497 e. The van der Waals surface area contributed by atoms with Crippen LogP contribution in [-0.2, 0) is 11.3 Å². The van der Waals surface area contributed by atoms with E-state index < -0.39 is 0 Å². The average molecular weight is 354 g/mol. The highest BCUT2D eigenvalue weighted by Crippen LogP contribution is 2.22. The summed E-state index contributed by atoms with van der Waals surface area (Å²) in [6, 6.07) is 14.5. The second-order valence-electron chi connectivity index (χ2n) is 6.62. The molecule has 0 atom stereocenters. The maximum atomic E-state index is 12.7. The number of rotatable bonds is 8. The highest BCUT2D eigenvalue weighted by Gasteiger charge is 2.17. The molecule has 0 unspecified atom stereocenters. The van der Waals surface area contributed by atoms with Gasteiger partial charge in [0.2, 0.25) is 5.91 Å². The number of amides is 1. The summed E-state index contributed by atoms with van der Waals surface area (Å²) in [4.78, 5) is 16.7. The third-order valence-electron chi connectivity index (χ3n) is 4.55. The van der Waals surface area contributed by atoms with Gasteiger partial charge in [0.15, 0.2) is 0 Å². The zero-order valence-electron chi connectivity index (χ0n) is 16.6. The number of ether oxygens (including phenoxy) is 1. The van der Waals surface area contributed by atoms with E-state index >= 15 is 0 Å². The number of likely N-dealkylation sites (N-methyl/N-ethyl adjacent to an activating group) is 1. The molecule has 0 aliphatic heterocycles. The Morgan fingerprint density at radius 1 is 0.962 bits per heavy atom. The van der Waals surface area contributed by atoms with E-state index in [-0.39, 0.29) is 5.91 Å². The minimum Gasteiger partial charge on any atom is -0.497 e. The van der Waals surface area contributed by atoms with Crippen LogP contribution >= 0.6 is 0 Å². The van der Waals surface area contributed by atoms with Crippen LogP contribution < -0.4 is 9.64 Å². The van der Waals surface area contributed by atoms with Gasteiger partial charge in [-0.25, -0.2) is 0 Å². The van der Waals surface area contributed by atoms with Crippen molar-refractivity contribution in [2.45, 2.75) is 34.2 Å². The van der Waals surface area contributed by atoms with Crippen LogP contribution in [0.4, 0.5) is 5.69 Å². The molecule has 0 saturated carbocycles. The fourth-order valence-corrected chi connectivity index (χ4v) is 3.16. The first kappa shape index (κ1) is 19.8. The molecule has 4 heteroatoms. The SMILES string of the molecule is CCN(CC)C(=O)CN(Cc1ccc(OC)cc1)c1cc(C)cc(C)c1. The van der Waals surface area contributed by atoms with E-state index in [0.717, 1.165) is 30.1 Å². The lowest BCUT2D eigenvalue weighted by molar-refractivity contribution is -0.129. The van der Waals surface area contributed by atoms with Crippen molar-refractivity contribution in [2.75, 3.05) is 31.6 Å². The molecule has 0 aliphatic rings. The lowest BCUT2D eigenvalue weighted by atomic mass is 10.1. The van der Waals surface area contributed by atoms with Crippen LogP contribution in [0, 0.1) is 13.8 Å². The standard InChI is InChI=1S/C22H30N2O2/c1-6-23(7-2)22(25)16-24(20-13-17(3)12-18(4)14-20)15-19-8-10-21(26-5)11-9-19/h8-14H,6-7,15-16H2,1-5H3. The molecule has 2 aromatic carbocycles. The van der Waals surface area contributed by atoms with Gasteiger partial charge in [-0.1, -0.05) is 18.2 Å². The fraction of sp³-hybridized carbons (Fsp3) is 0.409. The molecule has 0 spiro atoms. The first-order valence-electron chi connectivity index (χ1n) is 9.20. The minimum absolute atomic E-state index is 0.155. The first-order chi connectivity index (χ1) is 12.5. The molecule has 0 heterocycles. The van der Waals surface area contributed by atoms with Crippen LogP contribution in [0.1, 0.15) is 30.5 Å². The molecule has 0 aliphatic carbocycles. The van der Waals surface area contributed by atoms with Crippen LogP contribution in [0.5, 0.6) is 5.75 Å². The van der Waals surface area contributed by atoms with Crippen molar-refractivity contribution >= 4 is 11.6 Å². The number of methoxy groups -OCH3 is 1. The molecule has 140 valence electrons. The molecule has 26 heavy (non-hydrogen) atoms. The molecule has 0 bridgehead atoms. The van der Waals surface area contributed by atoms with Crippen molar-refractivity contribution in [1.29, 1.82) is 0 Å². The molecular weight excluding hydrogens is 324 g/mol.